The molecular formula is C21H27N3O3. The molecule has 1 saturated heterocycles. The molecule has 0 unspecified atom stereocenters. The van der Waals surface area contributed by atoms with Gasteiger partial charge in [0.25, 0.3) is 5.91 Å². The molecule has 4 rings (SSSR count). The Bertz CT molecular complexity index is 839. The smallest absolute Gasteiger partial charge is 0.257 e. The van der Waals surface area contributed by atoms with E-state index in [4.69, 9.17) is 9.47 Å². The Morgan fingerprint density at radius 3 is 2.70 bits per heavy atom. The monoisotopic (exact) mass is 369 g/mol. The van der Waals surface area contributed by atoms with Crippen LogP contribution in [0.4, 0.5) is 0 Å². The first kappa shape index (κ1) is 18.0. The summed E-state index contributed by atoms with van der Waals surface area (Å²) in [6.45, 7) is 4.14. The Kier molecular flexibility index (Phi) is 4.91. The average Bonchev–Trinajstić information content (AvgIpc) is 3.05. The number of hydrogen-bond acceptors (Lipinski definition) is 4. The van der Waals surface area contributed by atoms with Crippen LogP contribution in [0.5, 0.6) is 5.75 Å². The summed E-state index contributed by atoms with van der Waals surface area (Å²) in [5.74, 6) is 1.42. The lowest BCUT2D eigenvalue weighted by Crippen LogP contribution is -2.49. The van der Waals surface area contributed by atoms with Gasteiger partial charge in [0.1, 0.15) is 5.75 Å². The topological polar surface area (TPSA) is 56.6 Å². The van der Waals surface area contributed by atoms with Crippen molar-refractivity contribution in [1.82, 2.24) is 14.7 Å². The van der Waals surface area contributed by atoms with Gasteiger partial charge in [-0.05, 0) is 55.4 Å². The Morgan fingerprint density at radius 1 is 1.26 bits per heavy atom. The average molecular weight is 369 g/mol. The van der Waals surface area contributed by atoms with Gasteiger partial charge in [-0.25, -0.2) is 0 Å². The highest BCUT2D eigenvalue weighted by atomic mass is 16.5. The van der Waals surface area contributed by atoms with E-state index in [9.17, 15) is 4.79 Å². The zero-order valence-electron chi connectivity index (χ0n) is 16.3. The minimum atomic E-state index is 0.0820. The van der Waals surface area contributed by atoms with Crippen LogP contribution in [-0.2, 0) is 24.8 Å². The molecule has 1 aromatic heterocycles. The zero-order valence-corrected chi connectivity index (χ0v) is 16.3. The number of aromatic nitrogens is 2. The van der Waals surface area contributed by atoms with Crippen LogP contribution in [0.15, 0.2) is 24.4 Å². The van der Waals surface area contributed by atoms with E-state index < -0.39 is 0 Å². The molecule has 0 N–H and O–H groups in total. The summed E-state index contributed by atoms with van der Waals surface area (Å²) in [5.41, 5.74) is 4.10. The summed E-state index contributed by atoms with van der Waals surface area (Å²) >= 11 is 0. The van der Waals surface area contributed by atoms with E-state index in [1.54, 1.807) is 18.0 Å². The van der Waals surface area contributed by atoms with E-state index in [0.29, 0.717) is 18.0 Å². The highest BCUT2D eigenvalue weighted by Gasteiger charge is 2.37. The van der Waals surface area contributed by atoms with E-state index in [2.05, 4.69) is 22.1 Å². The van der Waals surface area contributed by atoms with Crippen molar-refractivity contribution in [3.8, 4) is 5.75 Å². The van der Waals surface area contributed by atoms with Crippen molar-refractivity contribution in [1.29, 1.82) is 0 Å². The van der Waals surface area contributed by atoms with Gasteiger partial charge in [-0.3, -0.25) is 9.48 Å². The molecule has 0 spiro atoms. The number of aryl methyl sites for hydroxylation is 1. The second-order valence-electron chi connectivity index (χ2n) is 7.56. The third kappa shape index (κ3) is 3.34. The Labute approximate surface area is 160 Å². The lowest BCUT2D eigenvalue weighted by molar-refractivity contribution is 0.0179. The molecule has 1 fully saturated rings. The van der Waals surface area contributed by atoms with Crippen molar-refractivity contribution in [2.45, 2.75) is 38.8 Å². The second kappa shape index (κ2) is 7.35. The SMILES string of the molecule is COc1ccc2c(c1)C[C@H](C1CCOCC1)N(C(=O)c1cnn(C)c1C)C2. The molecule has 0 radical (unpaired) electrons. The largest absolute Gasteiger partial charge is 0.497 e. The quantitative estimate of drug-likeness (QED) is 0.835. The number of carbonyl (C=O) groups is 1. The van der Waals surface area contributed by atoms with Crippen LogP contribution in [-0.4, -0.2) is 47.0 Å². The lowest BCUT2D eigenvalue weighted by atomic mass is 9.82. The fourth-order valence-corrected chi connectivity index (χ4v) is 4.32. The molecule has 27 heavy (non-hydrogen) atoms. The molecular weight excluding hydrogens is 342 g/mol. The first-order chi connectivity index (χ1) is 13.1. The van der Waals surface area contributed by atoms with E-state index in [1.807, 2.05) is 20.0 Å². The van der Waals surface area contributed by atoms with Crippen molar-refractivity contribution >= 4 is 5.91 Å². The third-order valence-corrected chi connectivity index (χ3v) is 6.12. The molecule has 2 aromatic rings. The minimum absolute atomic E-state index is 0.0820. The van der Waals surface area contributed by atoms with Crippen LogP contribution in [0, 0.1) is 12.8 Å². The number of hydrogen-bond donors (Lipinski definition) is 0. The summed E-state index contributed by atoms with van der Waals surface area (Å²) in [7, 11) is 3.57. The summed E-state index contributed by atoms with van der Waals surface area (Å²) in [6.07, 6.45) is 4.56. The fraction of sp³-hybridized carbons (Fsp3) is 0.524. The van der Waals surface area contributed by atoms with Gasteiger partial charge < -0.3 is 14.4 Å². The molecule has 6 nitrogen and oxygen atoms in total. The molecule has 1 atom stereocenters. The second-order valence-corrected chi connectivity index (χ2v) is 7.56. The molecule has 0 saturated carbocycles. The Hall–Kier alpha value is -2.34. The van der Waals surface area contributed by atoms with Crippen molar-refractivity contribution in [2.24, 2.45) is 13.0 Å². The van der Waals surface area contributed by atoms with Crippen molar-refractivity contribution < 1.29 is 14.3 Å². The van der Waals surface area contributed by atoms with Gasteiger partial charge in [0.15, 0.2) is 0 Å². The maximum absolute atomic E-state index is 13.4. The number of fused-ring (bicyclic) bond motifs is 1. The number of nitrogens with zero attached hydrogens (tertiary/aromatic N) is 3. The minimum Gasteiger partial charge on any atom is -0.497 e. The maximum Gasteiger partial charge on any atom is 0.257 e. The van der Waals surface area contributed by atoms with Gasteiger partial charge in [0, 0.05) is 38.5 Å². The van der Waals surface area contributed by atoms with Crippen LogP contribution in [0.25, 0.3) is 0 Å². The number of methoxy groups -OCH3 is 1. The van der Waals surface area contributed by atoms with E-state index in [1.165, 1.54) is 11.1 Å². The van der Waals surface area contributed by atoms with Crippen LogP contribution in [0.1, 0.15) is 40.0 Å². The number of ether oxygens (including phenoxy) is 2. The molecule has 0 bridgehead atoms. The Morgan fingerprint density at radius 2 is 2.04 bits per heavy atom. The fourth-order valence-electron chi connectivity index (χ4n) is 4.32. The predicted octanol–water partition coefficient (Wildman–Crippen LogP) is 2.73. The van der Waals surface area contributed by atoms with Crippen LogP contribution in [0.3, 0.4) is 0 Å². The predicted molar refractivity (Wildman–Crippen MR) is 102 cm³/mol. The summed E-state index contributed by atoms with van der Waals surface area (Å²) < 4.78 is 12.7. The van der Waals surface area contributed by atoms with E-state index in [0.717, 1.165) is 43.9 Å². The van der Waals surface area contributed by atoms with Crippen LogP contribution in [0.2, 0.25) is 0 Å². The molecule has 1 aromatic carbocycles. The van der Waals surface area contributed by atoms with E-state index >= 15 is 0 Å². The molecule has 1 amide bonds. The summed E-state index contributed by atoms with van der Waals surface area (Å²) in [4.78, 5) is 15.5. The maximum atomic E-state index is 13.4. The van der Waals surface area contributed by atoms with E-state index in [-0.39, 0.29) is 11.9 Å². The number of benzene rings is 1. The van der Waals surface area contributed by atoms with Crippen molar-refractivity contribution in [3.63, 3.8) is 0 Å². The Balaban J connectivity index is 1.69. The first-order valence-electron chi connectivity index (χ1n) is 9.61. The lowest BCUT2D eigenvalue weighted by Gasteiger charge is -2.42. The normalized spacial score (nSPS) is 20.4. The molecule has 2 aliphatic heterocycles. The highest BCUT2D eigenvalue weighted by molar-refractivity contribution is 5.95. The van der Waals surface area contributed by atoms with Gasteiger partial charge in [-0.1, -0.05) is 6.07 Å². The van der Waals surface area contributed by atoms with Gasteiger partial charge in [0.2, 0.25) is 0 Å². The third-order valence-electron chi connectivity index (χ3n) is 6.12. The highest BCUT2D eigenvalue weighted by Crippen LogP contribution is 2.34. The van der Waals surface area contributed by atoms with Gasteiger partial charge >= 0.3 is 0 Å². The van der Waals surface area contributed by atoms with Crippen LogP contribution < -0.4 is 4.74 Å². The summed E-state index contributed by atoms with van der Waals surface area (Å²) in [6, 6.07) is 6.37. The molecule has 2 aliphatic rings. The first-order valence-corrected chi connectivity index (χ1v) is 9.61. The molecule has 144 valence electrons. The van der Waals surface area contributed by atoms with Gasteiger partial charge in [0.05, 0.1) is 18.9 Å². The number of amides is 1. The van der Waals surface area contributed by atoms with Gasteiger partial charge in [-0.2, -0.15) is 5.10 Å². The zero-order chi connectivity index (χ0) is 19.0. The standard InChI is InChI=1S/C21H27N3O3/c1-14-19(12-22-23(14)2)21(25)24-13-16-4-5-18(26-3)10-17(16)11-20(24)15-6-8-27-9-7-15/h4-5,10,12,15,20H,6-9,11,13H2,1-3H3/t20-/m1/s1. The van der Waals surface area contributed by atoms with Gasteiger partial charge in [-0.15, -0.1) is 0 Å². The van der Waals surface area contributed by atoms with Crippen molar-refractivity contribution in [2.75, 3.05) is 20.3 Å². The number of rotatable bonds is 3. The summed E-state index contributed by atoms with van der Waals surface area (Å²) in [5, 5.41) is 4.27. The molecule has 0 aliphatic carbocycles. The molecule has 3 heterocycles. The molecule has 6 heteroatoms. The van der Waals surface area contributed by atoms with Crippen molar-refractivity contribution in [3.05, 3.63) is 46.8 Å². The van der Waals surface area contributed by atoms with Crippen LogP contribution >= 0.6 is 0 Å². The number of carbonyl (C=O) groups excluding carboxylic acids is 1.